The molecule has 4 aromatic rings. The summed E-state index contributed by atoms with van der Waals surface area (Å²) in [4.78, 5) is 53.2. The van der Waals surface area contributed by atoms with E-state index in [1.807, 2.05) is 6.92 Å². The number of esters is 4. The fourth-order valence-corrected chi connectivity index (χ4v) is 5.02. The highest BCUT2D eigenvalue weighted by Gasteiger charge is 2.53. The van der Waals surface area contributed by atoms with Crippen LogP contribution >= 0.6 is 0 Å². The van der Waals surface area contributed by atoms with Gasteiger partial charge in [-0.3, -0.25) is 0 Å². The van der Waals surface area contributed by atoms with Crippen molar-refractivity contribution in [3.63, 3.8) is 0 Å². The number of hydrogen-bond acceptors (Lipinski definition) is 10. The quantitative estimate of drug-likeness (QED) is 0.0956. The summed E-state index contributed by atoms with van der Waals surface area (Å²) in [6, 6.07) is 33.1. The monoisotopic (exact) mass is 652 g/mol. The molecule has 1 fully saturated rings. The van der Waals surface area contributed by atoms with E-state index in [-0.39, 0.29) is 23.3 Å². The standard InChI is InChI=1S/C38H36O10/c1-2-3-24-43-32-31(46-35(40)27-18-10-5-11-19-27)30(25-44-34(39)26-16-8-4-9-17-26)45-38(48-37(42)29-22-14-7-15-23-29)33(32)47-36(41)28-20-12-6-13-21-28/h4-23,30-33,38H,2-3,24-25H2,1H3/t30?,31-,32?,33?,38+/m1/s1. The molecule has 248 valence electrons. The van der Waals surface area contributed by atoms with Crippen LogP contribution in [0.15, 0.2) is 121 Å². The maximum Gasteiger partial charge on any atom is 0.340 e. The van der Waals surface area contributed by atoms with E-state index in [0.29, 0.717) is 12.0 Å². The summed E-state index contributed by atoms with van der Waals surface area (Å²) in [5.41, 5.74) is 1.00. The van der Waals surface area contributed by atoms with Gasteiger partial charge in [0.2, 0.25) is 6.29 Å². The number of ether oxygens (including phenoxy) is 6. The highest BCUT2D eigenvalue weighted by molar-refractivity contribution is 5.91. The number of hydrogen-bond donors (Lipinski definition) is 0. The zero-order chi connectivity index (χ0) is 33.7. The lowest BCUT2D eigenvalue weighted by Crippen LogP contribution is -2.63. The first kappa shape index (κ1) is 34.0. The van der Waals surface area contributed by atoms with Crippen LogP contribution in [0.4, 0.5) is 0 Å². The number of benzene rings is 4. The summed E-state index contributed by atoms with van der Waals surface area (Å²) in [5, 5.41) is 0. The lowest BCUT2D eigenvalue weighted by atomic mass is 9.97. The van der Waals surface area contributed by atoms with Crippen molar-refractivity contribution in [3.8, 4) is 0 Å². The summed E-state index contributed by atoms with van der Waals surface area (Å²) < 4.78 is 36.0. The molecule has 0 bridgehead atoms. The Labute approximate surface area is 278 Å². The second-order valence-electron chi connectivity index (χ2n) is 10.9. The Morgan fingerprint density at radius 3 is 1.42 bits per heavy atom. The van der Waals surface area contributed by atoms with Gasteiger partial charge in [0.05, 0.1) is 22.3 Å². The third-order valence-corrected chi connectivity index (χ3v) is 7.53. The molecule has 4 aromatic carbocycles. The van der Waals surface area contributed by atoms with Crippen LogP contribution in [0.5, 0.6) is 0 Å². The van der Waals surface area contributed by atoms with Crippen LogP contribution < -0.4 is 0 Å². The van der Waals surface area contributed by atoms with Crippen molar-refractivity contribution in [1.82, 2.24) is 0 Å². The van der Waals surface area contributed by atoms with Crippen LogP contribution in [0.2, 0.25) is 0 Å². The normalized spacial score (nSPS) is 20.2. The first-order valence-electron chi connectivity index (χ1n) is 15.7. The summed E-state index contributed by atoms with van der Waals surface area (Å²) in [7, 11) is 0. The predicted octanol–water partition coefficient (Wildman–Crippen LogP) is 6.06. The highest BCUT2D eigenvalue weighted by atomic mass is 16.7. The molecule has 0 N–H and O–H groups in total. The lowest BCUT2D eigenvalue weighted by Gasteiger charge is -2.44. The number of carbonyl (C=O) groups is 4. The summed E-state index contributed by atoms with van der Waals surface area (Å²) >= 11 is 0. The van der Waals surface area contributed by atoms with Crippen LogP contribution in [0, 0.1) is 0 Å². The lowest BCUT2D eigenvalue weighted by molar-refractivity contribution is -0.291. The van der Waals surface area contributed by atoms with Gasteiger partial charge in [0.25, 0.3) is 0 Å². The summed E-state index contributed by atoms with van der Waals surface area (Å²) in [6.45, 7) is 1.76. The van der Waals surface area contributed by atoms with Crippen LogP contribution in [0.1, 0.15) is 61.2 Å². The fourth-order valence-electron chi connectivity index (χ4n) is 5.02. The Hall–Kier alpha value is -5.32. The molecule has 0 spiro atoms. The second-order valence-corrected chi connectivity index (χ2v) is 10.9. The molecule has 1 saturated heterocycles. The average molecular weight is 653 g/mol. The second kappa shape index (κ2) is 17.0. The molecule has 0 radical (unpaired) electrons. The van der Waals surface area contributed by atoms with Crippen molar-refractivity contribution in [2.75, 3.05) is 13.2 Å². The maximum atomic E-state index is 13.5. The van der Waals surface area contributed by atoms with Crippen molar-refractivity contribution in [2.45, 2.75) is 50.5 Å². The molecule has 0 amide bonds. The Bertz CT molecular complexity index is 1630. The molecule has 1 heterocycles. The van der Waals surface area contributed by atoms with Crippen molar-refractivity contribution < 1.29 is 47.6 Å². The highest BCUT2D eigenvalue weighted by Crippen LogP contribution is 2.32. The first-order valence-corrected chi connectivity index (χ1v) is 15.7. The largest absolute Gasteiger partial charge is 0.459 e. The van der Waals surface area contributed by atoms with Gasteiger partial charge in [0.1, 0.15) is 18.8 Å². The summed E-state index contributed by atoms with van der Waals surface area (Å²) in [5.74, 6) is -2.85. The van der Waals surface area contributed by atoms with E-state index < -0.39 is 61.2 Å². The van der Waals surface area contributed by atoms with E-state index in [2.05, 4.69) is 0 Å². The molecule has 48 heavy (non-hydrogen) atoms. The van der Waals surface area contributed by atoms with Gasteiger partial charge in [0, 0.05) is 6.61 Å². The van der Waals surface area contributed by atoms with Crippen molar-refractivity contribution in [1.29, 1.82) is 0 Å². The minimum Gasteiger partial charge on any atom is -0.459 e. The number of unbranched alkanes of at least 4 members (excludes halogenated alkanes) is 1. The van der Waals surface area contributed by atoms with Gasteiger partial charge in [0.15, 0.2) is 12.2 Å². The first-order chi connectivity index (χ1) is 23.4. The van der Waals surface area contributed by atoms with Gasteiger partial charge in [-0.25, -0.2) is 19.2 Å². The number of rotatable bonds is 13. The Kier molecular flexibility index (Phi) is 12.1. The topological polar surface area (TPSA) is 124 Å². The molecule has 5 rings (SSSR count). The number of carbonyl (C=O) groups excluding carboxylic acids is 4. The maximum absolute atomic E-state index is 13.5. The molecular formula is C38H36O10. The summed E-state index contributed by atoms with van der Waals surface area (Å²) in [6.07, 6.45) is -5.19. The Morgan fingerprint density at radius 1 is 0.542 bits per heavy atom. The van der Waals surface area contributed by atoms with Crippen LogP contribution in [0.25, 0.3) is 0 Å². The molecule has 5 atom stereocenters. The fraction of sp³-hybridized carbons (Fsp3) is 0.263. The third kappa shape index (κ3) is 8.93. The minimum absolute atomic E-state index is 0.190. The molecule has 3 unspecified atom stereocenters. The molecule has 1 aliphatic heterocycles. The van der Waals surface area contributed by atoms with E-state index in [1.54, 1.807) is 121 Å². The molecular weight excluding hydrogens is 616 g/mol. The van der Waals surface area contributed by atoms with E-state index >= 15 is 0 Å². The van der Waals surface area contributed by atoms with Gasteiger partial charge in [-0.15, -0.1) is 0 Å². The van der Waals surface area contributed by atoms with Crippen LogP contribution in [-0.2, 0) is 28.4 Å². The third-order valence-electron chi connectivity index (χ3n) is 7.53. The van der Waals surface area contributed by atoms with E-state index in [4.69, 9.17) is 28.4 Å². The zero-order valence-electron chi connectivity index (χ0n) is 26.3. The smallest absolute Gasteiger partial charge is 0.340 e. The molecule has 1 aliphatic rings. The molecule has 0 saturated carbocycles. The Balaban J connectivity index is 1.51. The van der Waals surface area contributed by atoms with Gasteiger partial charge < -0.3 is 28.4 Å². The Morgan fingerprint density at radius 2 is 0.958 bits per heavy atom. The van der Waals surface area contributed by atoms with Crippen molar-refractivity contribution in [3.05, 3.63) is 144 Å². The minimum atomic E-state index is -1.54. The van der Waals surface area contributed by atoms with Gasteiger partial charge in [-0.1, -0.05) is 86.1 Å². The van der Waals surface area contributed by atoms with Gasteiger partial charge in [-0.05, 0) is 55.0 Å². The van der Waals surface area contributed by atoms with Gasteiger partial charge in [-0.2, -0.15) is 0 Å². The van der Waals surface area contributed by atoms with Gasteiger partial charge >= 0.3 is 23.9 Å². The predicted molar refractivity (Wildman–Crippen MR) is 173 cm³/mol. The van der Waals surface area contributed by atoms with E-state index in [9.17, 15) is 19.2 Å². The molecule has 0 aliphatic carbocycles. The molecule has 10 heteroatoms. The zero-order valence-corrected chi connectivity index (χ0v) is 26.3. The van der Waals surface area contributed by atoms with Crippen molar-refractivity contribution >= 4 is 23.9 Å². The SMILES string of the molecule is CCCCOC1C(OC(=O)c2ccccc2)[C@H](OC(=O)c2ccccc2)OC(COC(=O)c2ccccc2)[C@H]1OC(=O)c1ccccc1. The van der Waals surface area contributed by atoms with E-state index in [0.717, 1.165) is 6.42 Å². The molecule has 10 nitrogen and oxygen atoms in total. The average Bonchev–Trinajstić information content (AvgIpc) is 3.14. The van der Waals surface area contributed by atoms with Crippen molar-refractivity contribution in [2.24, 2.45) is 0 Å². The molecule has 0 aromatic heterocycles. The van der Waals surface area contributed by atoms with Crippen LogP contribution in [-0.4, -0.2) is 67.8 Å². The van der Waals surface area contributed by atoms with E-state index in [1.165, 1.54) is 0 Å². The van der Waals surface area contributed by atoms with Crippen LogP contribution in [0.3, 0.4) is 0 Å².